The Morgan fingerprint density at radius 1 is 1.07 bits per heavy atom. The van der Waals surface area contributed by atoms with E-state index >= 15 is 0 Å². The van der Waals surface area contributed by atoms with Gasteiger partial charge in [-0.05, 0) is 47.7 Å². The minimum absolute atomic E-state index is 0.330. The molecule has 3 aromatic rings. The second kappa shape index (κ2) is 7.38. The zero-order chi connectivity index (χ0) is 20.7. The third kappa shape index (κ3) is 3.25. The fourth-order valence-electron chi connectivity index (χ4n) is 3.82. The lowest BCUT2D eigenvalue weighted by Crippen LogP contribution is -2.37. The van der Waals surface area contributed by atoms with Crippen molar-refractivity contribution in [1.82, 2.24) is 9.88 Å². The predicted octanol–water partition coefficient (Wildman–Crippen LogP) is 2.94. The van der Waals surface area contributed by atoms with Crippen molar-refractivity contribution in [3.63, 3.8) is 0 Å². The SMILES string of the molecule is O=C(CN1C(=O)c2ccccc2C1=O)Nc1ccc(N2CCc3sccc3C2)nc1. The zero-order valence-corrected chi connectivity index (χ0v) is 16.8. The molecular weight excluding hydrogens is 400 g/mol. The molecule has 8 heteroatoms. The van der Waals surface area contributed by atoms with E-state index in [0.29, 0.717) is 16.8 Å². The molecular formula is C22H18N4O3S. The number of nitrogens with one attached hydrogen (secondary N) is 1. The van der Waals surface area contributed by atoms with Crippen LogP contribution in [0.5, 0.6) is 0 Å². The van der Waals surface area contributed by atoms with Gasteiger partial charge in [0.25, 0.3) is 11.8 Å². The largest absolute Gasteiger partial charge is 0.352 e. The predicted molar refractivity (Wildman–Crippen MR) is 114 cm³/mol. The molecule has 7 nitrogen and oxygen atoms in total. The Hall–Kier alpha value is -3.52. The standard InChI is InChI=1S/C22H18N4O3S/c27-20(13-26-21(28)16-3-1-2-4-17(16)22(26)29)24-15-5-6-19(23-11-15)25-9-7-18-14(12-25)8-10-30-18/h1-6,8,10-11H,7,9,12-13H2,(H,24,27). The number of thiophene rings is 1. The number of benzene rings is 1. The maximum Gasteiger partial charge on any atom is 0.262 e. The van der Waals surface area contributed by atoms with E-state index < -0.39 is 17.7 Å². The van der Waals surface area contributed by atoms with Gasteiger partial charge in [-0.15, -0.1) is 11.3 Å². The van der Waals surface area contributed by atoms with Gasteiger partial charge in [-0.3, -0.25) is 19.3 Å². The summed E-state index contributed by atoms with van der Waals surface area (Å²) in [7, 11) is 0. The molecule has 0 spiro atoms. The lowest BCUT2D eigenvalue weighted by Gasteiger charge is -2.28. The molecule has 5 rings (SSSR count). The van der Waals surface area contributed by atoms with Crippen molar-refractivity contribution in [2.24, 2.45) is 0 Å². The molecule has 0 aliphatic carbocycles. The van der Waals surface area contributed by atoms with Gasteiger partial charge in [-0.1, -0.05) is 12.1 Å². The molecule has 1 aromatic carbocycles. The number of nitrogens with zero attached hydrogens (tertiary/aromatic N) is 3. The van der Waals surface area contributed by atoms with Crippen molar-refractivity contribution in [3.05, 3.63) is 75.6 Å². The van der Waals surface area contributed by atoms with Gasteiger partial charge < -0.3 is 10.2 Å². The Bertz CT molecular complexity index is 1120. The summed E-state index contributed by atoms with van der Waals surface area (Å²) in [6.07, 6.45) is 2.60. The first-order valence-electron chi connectivity index (χ1n) is 9.61. The number of aromatic nitrogens is 1. The van der Waals surface area contributed by atoms with E-state index in [2.05, 4.69) is 26.6 Å². The molecule has 0 bridgehead atoms. The van der Waals surface area contributed by atoms with Crippen molar-refractivity contribution in [1.29, 1.82) is 0 Å². The van der Waals surface area contributed by atoms with Gasteiger partial charge >= 0.3 is 0 Å². The molecule has 2 aliphatic rings. The highest BCUT2D eigenvalue weighted by molar-refractivity contribution is 7.10. The van der Waals surface area contributed by atoms with E-state index in [1.54, 1.807) is 47.9 Å². The van der Waals surface area contributed by atoms with Crippen LogP contribution in [0.4, 0.5) is 11.5 Å². The van der Waals surface area contributed by atoms with Crippen LogP contribution in [0.3, 0.4) is 0 Å². The number of imide groups is 1. The maximum absolute atomic E-state index is 12.4. The fraction of sp³-hybridized carbons (Fsp3) is 0.182. The van der Waals surface area contributed by atoms with Crippen LogP contribution < -0.4 is 10.2 Å². The van der Waals surface area contributed by atoms with Crippen LogP contribution in [0.25, 0.3) is 0 Å². The summed E-state index contributed by atoms with van der Waals surface area (Å²) in [6.45, 7) is 1.41. The quantitative estimate of drug-likeness (QED) is 0.659. The van der Waals surface area contributed by atoms with Crippen molar-refractivity contribution in [3.8, 4) is 0 Å². The second-order valence-corrected chi connectivity index (χ2v) is 8.24. The number of anilines is 2. The van der Waals surface area contributed by atoms with Gasteiger partial charge in [0.2, 0.25) is 5.91 Å². The Morgan fingerprint density at radius 2 is 1.83 bits per heavy atom. The highest BCUT2D eigenvalue weighted by Gasteiger charge is 2.36. The van der Waals surface area contributed by atoms with E-state index in [-0.39, 0.29) is 6.54 Å². The van der Waals surface area contributed by atoms with Gasteiger partial charge in [0.1, 0.15) is 12.4 Å². The van der Waals surface area contributed by atoms with Crippen molar-refractivity contribution in [2.45, 2.75) is 13.0 Å². The number of carbonyl (C=O) groups is 3. The molecule has 3 amide bonds. The molecule has 4 heterocycles. The number of hydrogen-bond donors (Lipinski definition) is 1. The highest BCUT2D eigenvalue weighted by Crippen LogP contribution is 2.27. The first-order chi connectivity index (χ1) is 14.6. The van der Waals surface area contributed by atoms with Gasteiger partial charge in [0.05, 0.1) is 23.0 Å². The monoisotopic (exact) mass is 418 g/mol. The Kier molecular flexibility index (Phi) is 4.55. The highest BCUT2D eigenvalue weighted by atomic mass is 32.1. The lowest BCUT2D eigenvalue weighted by atomic mass is 10.1. The first kappa shape index (κ1) is 18.5. The van der Waals surface area contributed by atoms with Crippen molar-refractivity contribution >= 4 is 40.6 Å². The van der Waals surface area contributed by atoms with Crippen LogP contribution >= 0.6 is 11.3 Å². The van der Waals surface area contributed by atoms with E-state index in [9.17, 15) is 14.4 Å². The average Bonchev–Trinajstić information content (AvgIpc) is 3.33. The summed E-state index contributed by atoms with van der Waals surface area (Å²) in [5.74, 6) is -0.487. The van der Waals surface area contributed by atoms with Gasteiger partial charge in [-0.25, -0.2) is 4.98 Å². The molecule has 0 saturated carbocycles. The molecule has 150 valence electrons. The zero-order valence-electron chi connectivity index (χ0n) is 16.0. The van der Waals surface area contributed by atoms with Crippen molar-refractivity contribution < 1.29 is 14.4 Å². The van der Waals surface area contributed by atoms with Crippen molar-refractivity contribution in [2.75, 3.05) is 23.3 Å². The van der Waals surface area contributed by atoms with Crippen LogP contribution in [0.1, 0.15) is 31.2 Å². The van der Waals surface area contributed by atoms with E-state index in [0.717, 1.165) is 30.2 Å². The Labute approximate surface area is 177 Å². The van der Waals surface area contributed by atoms with Crippen LogP contribution in [0.15, 0.2) is 54.0 Å². The first-order valence-corrected chi connectivity index (χ1v) is 10.5. The maximum atomic E-state index is 12.4. The summed E-state index contributed by atoms with van der Waals surface area (Å²) in [4.78, 5) is 46.3. The Balaban J connectivity index is 1.22. The van der Waals surface area contributed by atoms with Gasteiger partial charge in [-0.2, -0.15) is 0 Å². The van der Waals surface area contributed by atoms with Gasteiger partial charge in [0, 0.05) is 18.0 Å². The molecule has 0 unspecified atom stereocenters. The van der Waals surface area contributed by atoms with E-state index in [1.807, 2.05) is 6.07 Å². The average molecular weight is 418 g/mol. The summed E-state index contributed by atoms with van der Waals surface area (Å²) in [5, 5.41) is 4.83. The summed E-state index contributed by atoms with van der Waals surface area (Å²) >= 11 is 1.79. The fourth-order valence-corrected chi connectivity index (χ4v) is 4.71. The number of rotatable bonds is 4. The normalized spacial score (nSPS) is 15.2. The molecule has 0 saturated heterocycles. The summed E-state index contributed by atoms with van der Waals surface area (Å²) in [6, 6.07) is 12.4. The summed E-state index contributed by atoms with van der Waals surface area (Å²) < 4.78 is 0. The number of pyridine rings is 1. The second-order valence-electron chi connectivity index (χ2n) is 7.24. The number of carbonyl (C=O) groups excluding carboxylic acids is 3. The third-order valence-corrected chi connectivity index (χ3v) is 6.37. The lowest BCUT2D eigenvalue weighted by molar-refractivity contribution is -0.116. The molecule has 0 radical (unpaired) electrons. The topological polar surface area (TPSA) is 82.6 Å². The number of amides is 3. The van der Waals surface area contributed by atoms with Crippen LogP contribution in [-0.4, -0.2) is 40.7 Å². The van der Waals surface area contributed by atoms with Crippen LogP contribution in [0, 0.1) is 0 Å². The van der Waals surface area contributed by atoms with Gasteiger partial charge in [0.15, 0.2) is 0 Å². The minimum atomic E-state index is -0.447. The molecule has 0 fully saturated rings. The molecule has 2 aliphatic heterocycles. The minimum Gasteiger partial charge on any atom is -0.352 e. The van der Waals surface area contributed by atoms with Crippen LogP contribution in [-0.2, 0) is 17.8 Å². The molecule has 30 heavy (non-hydrogen) atoms. The molecule has 2 aromatic heterocycles. The van der Waals surface area contributed by atoms with E-state index in [1.165, 1.54) is 10.4 Å². The number of hydrogen-bond acceptors (Lipinski definition) is 6. The summed E-state index contributed by atoms with van der Waals surface area (Å²) in [5.41, 5.74) is 2.52. The number of fused-ring (bicyclic) bond motifs is 2. The van der Waals surface area contributed by atoms with E-state index in [4.69, 9.17) is 0 Å². The third-order valence-electron chi connectivity index (χ3n) is 5.34. The molecule has 1 N–H and O–H groups in total. The van der Waals surface area contributed by atoms with Crippen LogP contribution in [0.2, 0.25) is 0 Å². The Morgan fingerprint density at radius 3 is 2.53 bits per heavy atom. The smallest absolute Gasteiger partial charge is 0.262 e. The molecule has 0 atom stereocenters.